The summed E-state index contributed by atoms with van der Waals surface area (Å²) in [6.07, 6.45) is 0. The van der Waals surface area contributed by atoms with Crippen molar-refractivity contribution in [3.8, 4) is 11.8 Å². The van der Waals surface area contributed by atoms with Gasteiger partial charge in [0.25, 0.3) is 0 Å². The van der Waals surface area contributed by atoms with E-state index in [0.717, 1.165) is 6.07 Å². The van der Waals surface area contributed by atoms with Gasteiger partial charge in [-0.15, -0.1) is 0 Å². The summed E-state index contributed by atoms with van der Waals surface area (Å²) in [5, 5.41) is 9.30. The molecule has 0 aromatic heterocycles. The molecule has 0 fully saturated rings. The van der Waals surface area contributed by atoms with Crippen molar-refractivity contribution >= 4 is 27.5 Å². The molecule has 2 nitrogen and oxygen atoms in total. The summed E-state index contributed by atoms with van der Waals surface area (Å²) < 4.78 is 32.8. The Hall–Kier alpha value is -1.64. The first-order valence-corrected chi connectivity index (χ1v) is 6.65. The van der Waals surface area contributed by atoms with Gasteiger partial charge in [-0.3, -0.25) is 0 Å². The van der Waals surface area contributed by atoms with Crippen molar-refractivity contribution in [1.29, 1.82) is 5.26 Å². The molecule has 0 spiro atoms. The van der Waals surface area contributed by atoms with Gasteiger partial charge < -0.3 is 4.74 Å². The first-order valence-electron chi connectivity index (χ1n) is 5.47. The lowest BCUT2D eigenvalue weighted by atomic mass is 10.2. The van der Waals surface area contributed by atoms with Gasteiger partial charge >= 0.3 is 0 Å². The zero-order chi connectivity index (χ0) is 14.7. The van der Waals surface area contributed by atoms with Gasteiger partial charge in [0.15, 0.2) is 0 Å². The number of hydrogen-bond donors (Lipinski definition) is 0. The van der Waals surface area contributed by atoms with E-state index in [0.29, 0.717) is 5.02 Å². The molecule has 0 aliphatic rings. The van der Waals surface area contributed by atoms with E-state index in [2.05, 4.69) is 15.9 Å². The summed E-state index contributed by atoms with van der Waals surface area (Å²) in [7, 11) is 0. The second kappa shape index (κ2) is 6.21. The highest BCUT2D eigenvalue weighted by Crippen LogP contribution is 2.26. The van der Waals surface area contributed by atoms with Gasteiger partial charge in [0.1, 0.15) is 30.1 Å². The fraction of sp³-hybridized carbons (Fsp3) is 0.0714. The molecule has 0 saturated carbocycles. The van der Waals surface area contributed by atoms with Crippen LogP contribution < -0.4 is 4.74 Å². The lowest BCUT2D eigenvalue weighted by Gasteiger charge is -2.10. The molecule has 0 amide bonds. The van der Waals surface area contributed by atoms with Crippen molar-refractivity contribution < 1.29 is 13.5 Å². The molecule has 0 aliphatic heterocycles. The molecule has 0 aliphatic carbocycles. The Balaban J connectivity index is 2.28. The average Bonchev–Trinajstić information content (AvgIpc) is 2.43. The minimum Gasteiger partial charge on any atom is -0.487 e. The second-order valence-corrected chi connectivity index (χ2v) is 5.15. The summed E-state index contributed by atoms with van der Waals surface area (Å²) >= 11 is 8.77. The van der Waals surface area contributed by atoms with Crippen molar-refractivity contribution in [2.24, 2.45) is 0 Å². The highest BCUT2D eigenvalue weighted by molar-refractivity contribution is 9.10. The van der Waals surface area contributed by atoms with Gasteiger partial charge in [0.05, 0.1) is 15.6 Å². The topological polar surface area (TPSA) is 33.0 Å². The maximum absolute atomic E-state index is 13.8. The summed E-state index contributed by atoms with van der Waals surface area (Å²) in [6.45, 7) is -0.341. The molecular weight excluding hydrogens is 352 g/mol. The van der Waals surface area contributed by atoms with Gasteiger partial charge in [-0.05, 0) is 40.2 Å². The standard InChI is InChI=1S/C14H7BrClF2NO/c15-11-3-4-12(17)10(14(11)18)7-20-13-5-9(16)2-1-8(13)6-19/h1-5H,7H2. The van der Waals surface area contributed by atoms with Crippen molar-refractivity contribution in [2.45, 2.75) is 6.61 Å². The molecule has 0 saturated heterocycles. The summed E-state index contributed by atoms with van der Waals surface area (Å²) in [5.74, 6) is -1.27. The minimum atomic E-state index is -0.731. The lowest BCUT2D eigenvalue weighted by Crippen LogP contribution is -2.03. The van der Waals surface area contributed by atoms with Crippen LogP contribution in [0.1, 0.15) is 11.1 Å². The fourth-order valence-electron chi connectivity index (χ4n) is 1.56. The second-order valence-electron chi connectivity index (χ2n) is 3.86. The van der Waals surface area contributed by atoms with E-state index in [1.807, 2.05) is 6.07 Å². The van der Waals surface area contributed by atoms with Gasteiger partial charge in [-0.1, -0.05) is 11.6 Å². The monoisotopic (exact) mass is 357 g/mol. The SMILES string of the molecule is N#Cc1ccc(Cl)cc1OCc1c(F)ccc(Br)c1F. The van der Waals surface area contributed by atoms with Crippen molar-refractivity contribution in [2.75, 3.05) is 0 Å². The van der Waals surface area contributed by atoms with E-state index in [-0.39, 0.29) is 28.0 Å². The maximum atomic E-state index is 13.8. The molecule has 6 heteroatoms. The van der Waals surface area contributed by atoms with E-state index in [1.54, 1.807) is 0 Å². The fourth-order valence-corrected chi connectivity index (χ4v) is 2.09. The molecular formula is C14H7BrClF2NO. The third kappa shape index (κ3) is 3.09. The van der Waals surface area contributed by atoms with Crippen LogP contribution in [0.3, 0.4) is 0 Å². The van der Waals surface area contributed by atoms with Crippen LogP contribution >= 0.6 is 27.5 Å². The highest BCUT2D eigenvalue weighted by atomic mass is 79.9. The van der Waals surface area contributed by atoms with Crippen molar-refractivity contribution in [3.63, 3.8) is 0 Å². The van der Waals surface area contributed by atoms with Crippen LogP contribution in [0.2, 0.25) is 5.02 Å². The van der Waals surface area contributed by atoms with Crippen LogP contribution in [-0.4, -0.2) is 0 Å². The quantitative estimate of drug-likeness (QED) is 0.736. The number of hydrogen-bond acceptors (Lipinski definition) is 2. The molecule has 20 heavy (non-hydrogen) atoms. The average molecular weight is 359 g/mol. The van der Waals surface area contributed by atoms with E-state index < -0.39 is 11.6 Å². The predicted molar refractivity (Wildman–Crippen MR) is 74.6 cm³/mol. The number of rotatable bonds is 3. The number of nitrogens with zero attached hydrogens (tertiary/aromatic N) is 1. The van der Waals surface area contributed by atoms with Crippen molar-refractivity contribution in [3.05, 3.63) is 62.6 Å². The smallest absolute Gasteiger partial charge is 0.146 e. The van der Waals surface area contributed by atoms with E-state index >= 15 is 0 Å². The number of nitriles is 1. The molecule has 0 N–H and O–H groups in total. The van der Waals surface area contributed by atoms with Gasteiger partial charge in [0.2, 0.25) is 0 Å². The lowest BCUT2D eigenvalue weighted by molar-refractivity contribution is 0.291. The molecule has 0 unspecified atom stereocenters. The van der Waals surface area contributed by atoms with E-state index in [9.17, 15) is 8.78 Å². The normalized spacial score (nSPS) is 10.2. The van der Waals surface area contributed by atoms with Crippen molar-refractivity contribution in [1.82, 2.24) is 0 Å². The molecule has 2 aromatic rings. The number of halogens is 4. The summed E-state index contributed by atoms with van der Waals surface area (Å²) in [6, 6.07) is 8.76. The van der Waals surface area contributed by atoms with Crippen LogP contribution in [0.15, 0.2) is 34.8 Å². The third-order valence-corrected chi connectivity index (χ3v) is 3.42. The largest absolute Gasteiger partial charge is 0.487 e. The van der Waals surface area contributed by atoms with E-state index in [1.165, 1.54) is 24.3 Å². The Morgan fingerprint density at radius 3 is 2.70 bits per heavy atom. The predicted octanol–water partition coefficient (Wildman–Crippen LogP) is 4.83. The molecule has 0 atom stereocenters. The van der Waals surface area contributed by atoms with Gasteiger partial charge in [-0.25, -0.2) is 8.78 Å². The van der Waals surface area contributed by atoms with Crippen LogP contribution in [0, 0.1) is 23.0 Å². The highest BCUT2D eigenvalue weighted by Gasteiger charge is 2.14. The summed E-state index contributed by atoms with van der Waals surface area (Å²) in [4.78, 5) is 0. The number of ether oxygens (including phenoxy) is 1. The summed E-state index contributed by atoms with van der Waals surface area (Å²) in [5.41, 5.74) is 0.0217. The molecule has 0 radical (unpaired) electrons. The molecule has 0 bridgehead atoms. The number of benzene rings is 2. The Kier molecular flexibility index (Phi) is 4.58. The Labute approximate surface area is 127 Å². The van der Waals surface area contributed by atoms with Crippen LogP contribution in [-0.2, 0) is 6.61 Å². The Morgan fingerprint density at radius 1 is 1.25 bits per heavy atom. The molecule has 2 aromatic carbocycles. The third-order valence-electron chi connectivity index (χ3n) is 2.58. The zero-order valence-corrected chi connectivity index (χ0v) is 12.3. The first kappa shape index (κ1) is 14.8. The minimum absolute atomic E-state index is 0.143. The van der Waals surface area contributed by atoms with E-state index in [4.69, 9.17) is 21.6 Å². The van der Waals surface area contributed by atoms with Gasteiger partial charge in [0, 0.05) is 11.1 Å². The molecule has 0 heterocycles. The molecule has 2 rings (SSSR count). The van der Waals surface area contributed by atoms with Crippen LogP contribution in [0.25, 0.3) is 0 Å². The van der Waals surface area contributed by atoms with Crippen LogP contribution in [0.5, 0.6) is 5.75 Å². The van der Waals surface area contributed by atoms with Gasteiger partial charge in [-0.2, -0.15) is 5.26 Å². The maximum Gasteiger partial charge on any atom is 0.146 e. The Morgan fingerprint density at radius 2 is 2.00 bits per heavy atom. The van der Waals surface area contributed by atoms with Crippen LogP contribution in [0.4, 0.5) is 8.78 Å². The molecule has 102 valence electrons. The Bertz CT molecular complexity index is 700. The zero-order valence-electron chi connectivity index (χ0n) is 9.96. The first-order chi connectivity index (χ1) is 9.52.